The fourth-order valence-electron chi connectivity index (χ4n) is 1.28. The monoisotopic (exact) mass is 254 g/mol. The van der Waals surface area contributed by atoms with E-state index < -0.39 is 5.54 Å². The number of carbonyl (C=O) groups excluding carboxylic acids is 1. The van der Waals surface area contributed by atoms with Gasteiger partial charge in [-0.2, -0.15) is 0 Å². The zero-order chi connectivity index (χ0) is 13.1. The first-order valence-corrected chi connectivity index (χ1v) is 6.54. The van der Waals surface area contributed by atoms with Crippen molar-refractivity contribution in [2.24, 2.45) is 0 Å². The number of nitrogens with zero attached hydrogens (tertiary/aromatic N) is 2. The fourth-order valence-corrected chi connectivity index (χ4v) is 1.82. The van der Waals surface area contributed by atoms with E-state index in [9.17, 15) is 9.90 Å². The number of likely N-dealkylation sites (N-methyl/N-ethyl adjacent to an activating group) is 1. The minimum atomic E-state index is -0.581. The molecule has 0 atom stereocenters. The molecule has 0 bridgehead atoms. The van der Waals surface area contributed by atoms with E-state index in [2.05, 4.69) is 4.98 Å². The van der Waals surface area contributed by atoms with Gasteiger partial charge in [0.2, 0.25) is 0 Å². The van der Waals surface area contributed by atoms with E-state index >= 15 is 0 Å². The number of aliphatic hydroxyl groups excluding tert-OH is 1. The van der Waals surface area contributed by atoms with Crippen LogP contribution in [0.2, 0.25) is 0 Å². The highest BCUT2D eigenvalue weighted by molar-refractivity contribution is 7.98. The molecule has 0 aliphatic rings. The van der Waals surface area contributed by atoms with Gasteiger partial charge in [-0.3, -0.25) is 4.79 Å². The Morgan fingerprint density at radius 1 is 1.59 bits per heavy atom. The highest BCUT2D eigenvalue weighted by Gasteiger charge is 2.28. The molecule has 0 unspecified atom stereocenters. The van der Waals surface area contributed by atoms with Crippen molar-refractivity contribution in [3.63, 3.8) is 0 Å². The smallest absolute Gasteiger partial charge is 0.256 e. The summed E-state index contributed by atoms with van der Waals surface area (Å²) in [6.07, 6.45) is 3.55. The minimum absolute atomic E-state index is 0.0793. The minimum Gasteiger partial charge on any atom is -0.394 e. The summed E-state index contributed by atoms with van der Waals surface area (Å²) >= 11 is 1.44. The Balaban J connectivity index is 3.04. The number of hydrogen-bond donors (Lipinski definition) is 1. The molecule has 0 aromatic carbocycles. The summed E-state index contributed by atoms with van der Waals surface area (Å²) in [6, 6.07) is 3.50. The van der Waals surface area contributed by atoms with Crippen LogP contribution in [-0.4, -0.2) is 46.3 Å². The molecule has 1 aromatic heterocycles. The molecule has 0 aliphatic carbocycles. The molecular weight excluding hydrogens is 236 g/mol. The summed E-state index contributed by atoms with van der Waals surface area (Å²) in [5.41, 5.74) is -0.00758. The van der Waals surface area contributed by atoms with Crippen molar-refractivity contribution in [3.05, 3.63) is 23.9 Å². The van der Waals surface area contributed by atoms with Gasteiger partial charge >= 0.3 is 0 Å². The van der Waals surface area contributed by atoms with E-state index in [4.69, 9.17) is 0 Å². The number of aliphatic hydroxyl groups is 1. The Morgan fingerprint density at radius 3 is 2.76 bits per heavy atom. The largest absolute Gasteiger partial charge is 0.394 e. The summed E-state index contributed by atoms with van der Waals surface area (Å²) in [5.74, 6) is -0.124. The molecule has 1 heterocycles. The predicted octanol–water partition coefficient (Wildman–Crippen LogP) is 1.65. The molecule has 0 radical (unpaired) electrons. The zero-order valence-corrected chi connectivity index (χ0v) is 11.4. The van der Waals surface area contributed by atoms with Gasteiger partial charge in [-0.1, -0.05) is 0 Å². The van der Waals surface area contributed by atoms with Crippen LogP contribution in [0.25, 0.3) is 0 Å². The van der Waals surface area contributed by atoms with E-state index in [1.165, 1.54) is 11.8 Å². The Labute approximate surface area is 106 Å². The molecular formula is C12H18N2O2S. The number of pyridine rings is 1. The second-order valence-corrected chi connectivity index (χ2v) is 5.19. The maximum Gasteiger partial charge on any atom is 0.256 e. The van der Waals surface area contributed by atoms with E-state index in [1.807, 2.05) is 20.1 Å². The standard InChI is InChI=1S/C12H18N2O2S/c1-12(2,8-15)14(3)11(16)9-6-5-7-13-10(9)17-4/h5-7,15H,8H2,1-4H3. The molecule has 1 aromatic rings. The maximum absolute atomic E-state index is 12.3. The van der Waals surface area contributed by atoms with Crippen molar-refractivity contribution in [1.82, 2.24) is 9.88 Å². The topological polar surface area (TPSA) is 53.4 Å². The normalized spacial score (nSPS) is 11.4. The van der Waals surface area contributed by atoms with Crippen LogP contribution in [0, 0.1) is 0 Å². The second kappa shape index (κ2) is 5.51. The average Bonchev–Trinajstić information content (AvgIpc) is 2.36. The van der Waals surface area contributed by atoms with Crippen LogP contribution in [0.1, 0.15) is 24.2 Å². The average molecular weight is 254 g/mol. The van der Waals surface area contributed by atoms with Crippen molar-refractivity contribution >= 4 is 17.7 Å². The van der Waals surface area contributed by atoms with E-state index in [0.29, 0.717) is 10.6 Å². The summed E-state index contributed by atoms with van der Waals surface area (Å²) in [7, 11) is 1.69. The molecule has 0 spiro atoms. The third kappa shape index (κ3) is 2.98. The van der Waals surface area contributed by atoms with Crippen molar-refractivity contribution in [2.45, 2.75) is 24.4 Å². The van der Waals surface area contributed by atoms with Gasteiger partial charge < -0.3 is 10.0 Å². The van der Waals surface area contributed by atoms with E-state index in [0.717, 1.165) is 0 Å². The zero-order valence-electron chi connectivity index (χ0n) is 10.6. The molecule has 94 valence electrons. The second-order valence-electron chi connectivity index (χ2n) is 4.39. The first kappa shape index (κ1) is 14.0. The Hall–Kier alpha value is -1.07. The van der Waals surface area contributed by atoms with Gasteiger partial charge in [0.15, 0.2) is 0 Å². The van der Waals surface area contributed by atoms with E-state index in [-0.39, 0.29) is 12.5 Å². The molecule has 4 nitrogen and oxygen atoms in total. The fraction of sp³-hybridized carbons (Fsp3) is 0.500. The van der Waals surface area contributed by atoms with Crippen LogP contribution in [0.5, 0.6) is 0 Å². The first-order valence-electron chi connectivity index (χ1n) is 5.32. The summed E-state index contributed by atoms with van der Waals surface area (Å²) in [5, 5.41) is 9.98. The lowest BCUT2D eigenvalue weighted by Crippen LogP contribution is -2.47. The van der Waals surface area contributed by atoms with Crippen molar-refractivity contribution in [3.8, 4) is 0 Å². The van der Waals surface area contributed by atoms with Crippen LogP contribution in [0.4, 0.5) is 0 Å². The predicted molar refractivity (Wildman–Crippen MR) is 69.3 cm³/mol. The number of thioether (sulfide) groups is 1. The number of carbonyl (C=O) groups is 1. The third-order valence-corrected chi connectivity index (χ3v) is 3.51. The van der Waals surface area contributed by atoms with E-state index in [1.54, 1.807) is 30.3 Å². The highest BCUT2D eigenvalue weighted by Crippen LogP contribution is 2.21. The number of aromatic nitrogens is 1. The van der Waals surface area contributed by atoms with Crippen LogP contribution < -0.4 is 0 Å². The number of rotatable bonds is 4. The Kier molecular flexibility index (Phi) is 4.54. The highest BCUT2D eigenvalue weighted by atomic mass is 32.2. The Bertz CT molecular complexity index is 407. The molecule has 0 saturated heterocycles. The van der Waals surface area contributed by atoms with Crippen molar-refractivity contribution in [2.75, 3.05) is 19.9 Å². The molecule has 1 amide bonds. The third-order valence-electron chi connectivity index (χ3n) is 2.79. The molecule has 5 heteroatoms. The van der Waals surface area contributed by atoms with Crippen molar-refractivity contribution in [1.29, 1.82) is 0 Å². The SMILES string of the molecule is CSc1ncccc1C(=O)N(C)C(C)(C)CO. The molecule has 1 N–H and O–H groups in total. The summed E-state index contributed by atoms with van der Waals surface area (Å²) in [4.78, 5) is 18.0. The van der Waals surface area contributed by atoms with Crippen LogP contribution in [-0.2, 0) is 0 Å². The first-order chi connectivity index (χ1) is 7.94. The molecule has 17 heavy (non-hydrogen) atoms. The summed E-state index contributed by atoms with van der Waals surface area (Å²) < 4.78 is 0. The van der Waals surface area contributed by atoms with Gasteiger partial charge in [0, 0.05) is 13.2 Å². The number of hydrogen-bond acceptors (Lipinski definition) is 4. The van der Waals surface area contributed by atoms with Gasteiger partial charge in [-0.25, -0.2) is 4.98 Å². The lowest BCUT2D eigenvalue weighted by Gasteiger charge is -2.34. The summed E-state index contributed by atoms with van der Waals surface area (Å²) in [6.45, 7) is 3.56. The van der Waals surface area contributed by atoms with Crippen LogP contribution in [0.3, 0.4) is 0 Å². The van der Waals surface area contributed by atoms with Gasteiger partial charge in [0.25, 0.3) is 5.91 Å². The lowest BCUT2D eigenvalue weighted by molar-refractivity contribution is 0.0469. The molecule has 0 saturated carbocycles. The number of amides is 1. The van der Waals surface area contributed by atoms with Gasteiger partial charge in [0.05, 0.1) is 17.7 Å². The maximum atomic E-state index is 12.3. The Morgan fingerprint density at radius 2 is 2.24 bits per heavy atom. The molecule has 0 aliphatic heterocycles. The van der Waals surface area contributed by atoms with Gasteiger partial charge in [-0.15, -0.1) is 11.8 Å². The van der Waals surface area contributed by atoms with Crippen LogP contribution in [0.15, 0.2) is 23.4 Å². The molecule has 0 fully saturated rings. The van der Waals surface area contributed by atoms with Crippen molar-refractivity contribution < 1.29 is 9.90 Å². The molecule has 1 rings (SSSR count). The van der Waals surface area contributed by atoms with Crippen LogP contribution >= 0.6 is 11.8 Å². The van der Waals surface area contributed by atoms with Gasteiger partial charge in [-0.05, 0) is 32.2 Å². The lowest BCUT2D eigenvalue weighted by atomic mass is 10.0. The quantitative estimate of drug-likeness (QED) is 0.830. The van der Waals surface area contributed by atoms with Gasteiger partial charge in [0.1, 0.15) is 5.03 Å².